The zero-order valence-corrected chi connectivity index (χ0v) is 13.9. The molecule has 0 aliphatic heterocycles. The first kappa shape index (κ1) is 15.6. The molecule has 0 radical (unpaired) electrons. The fourth-order valence-corrected chi connectivity index (χ4v) is 2.98. The van der Waals surface area contributed by atoms with E-state index in [4.69, 9.17) is 4.74 Å². The molecular weight excluding hydrogens is 284 g/mol. The van der Waals surface area contributed by atoms with Crippen LogP contribution < -0.4 is 10.1 Å². The van der Waals surface area contributed by atoms with Crippen molar-refractivity contribution in [2.45, 2.75) is 19.9 Å². The highest BCUT2D eigenvalue weighted by atomic mass is 16.5. The molecule has 1 N–H and O–H groups in total. The molecule has 0 fully saturated rings. The first-order valence-corrected chi connectivity index (χ1v) is 8.22. The molecule has 23 heavy (non-hydrogen) atoms. The van der Waals surface area contributed by atoms with Gasteiger partial charge in [0.05, 0.1) is 7.11 Å². The Labute approximate surface area is 137 Å². The van der Waals surface area contributed by atoms with Crippen LogP contribution >= 0.6 is 0 Å². The van der Waals surface area contributed by atoms with E-state index in [1.807, 2.05) is 12.1 Å². The third-order valence-corrected chi connectivity index (χ3v) is 4.20. The maximum atomic E-state index is 5.23. The van der Waals surface area contributed by atoms with Crippen molar-refractivity contribution in [2.24, 2.45) is 0 Å². The Hall–Kier alpha value is -2.26. The van der Waals surface area contributed by atoms with Gasteiger partial charge in [0.1, 0.15) is 5.75 Å². The van der Waals surface area contributed by atoms with Crippen molar-refractivity contribution in [3.8, 4) is 5.75 Å². The predicted molar refractivity (Wildman–Crippen MR) is 96.3 cm³/mol. The number of hydrogen-bond acceptors (Lipinski definition) is 2. The predicted octanol–water partition coefficient (Wildman–Crippen LogP) is 3.85. The molecule has 0 spiro atoms. The highest BCUT2D eigenvalue weighted by molar-refractivity contribution is 5.84. The highest BCUT2D eigenvalue weighted by Gasteiger charge is 2.08. The van der Waals surface area contributed by atoms with Gasteiger partial charge in [0, 0.05) is 23.6 Å². The van der Waals surface area contributed by atoms with E-state index in [9.17, 15) is 0 Å². The maximum Gasteiger partial charge on any atom is 0.118 e. The molecule has 0 saturated heterocycles. The molecule has 3 rings (SSSR count). The van der Waals surface area contributed by atoms with Crippen LogP contribution in [-0.2, 0) is 13.0 Å². The Morgan fingerprint density at radius 1 is 1.04 bits per heavy atom. The summed E-state index contributed by atoms with van der Waals surface area (Å²) >= 11 is 0. The minimum Gasteiger partial charge on any atom is -0.497 e. The van der Waals surface area contributed by atoms with Gasteiger partial charge < -0.3 is 14.6 Å². The lowest BCUT2D eigenvalue weighted by Gasteiger charge is -2.06. The van der Waals surface area contributed by atoms with Gasteiger partial charge in [0.15, 0.2) is 0 Å². The molecule has 1 heterocycles. The van der Waals surface area contributed by atoms with Crippen molar-refractivity contribution in [1.82, 2.24) is 9.88 Å². The van der Waals surface area contributed by atoms with Gasteiger partial charge in [-0.05, 0) is 48.8 Å². The van der Waals surface area contributed by atoms with Gasteiger partial charge in [-0.3, -0.25) is 0 Å². The molecule has 2 aromatic carbocycles. The van der Waals surface area contributed by atoms with Crippen LogP contribution in [-0.4, -0.2) is 24.8 Å². The van der Waals surface area contributed by atoms with Gasteiger partial charge in [-0.2, -0.15) is 0 Å². The van der Waals surface area contributed by atoms with E-state index in [1.165, 1.54) is 22.0 Å². The van der Waals surface area contributed by atoms with Gasteiger partial charge in [-0.25, -0.2) is 0 Å². The Balaban J connectivity index is 1.87. The van der Waals surface area contributed by atoms with E-state index in [0.717, 1.165) is 31.8 Å². The number of rotatable bonds is 7. The highest BCUT2D eigenvalue weighted by Crippen LogP contribution is 2.23. The van der Waals surface area contributed by atoms with Crippen molar-refractivity contribution in [2.75, 3.05) is 20.2 Å². The van der Waals surface area contributed by atoms with Crippen LogP contribution in [0, 0.1) is 0 Å². The van der Waals surface area contributed by atoms with Crippen molar-refractivity contribution >= 4 is 10.9 Å². The number of para-hydroxylation sites is 1. The van der Waals surface area contributed by atoms with Gasteiger partial charge >= 0.3 is 0 Å². The van der Waals surface area contributed by atoms with E-state index >= 15 is 0 Å². The van der Waals surface area contributed by atoms with Gasteiger partial charge in [-0.15, -0.1) is 0 Å². The molecule has 3 nitrogen and oxygen atoms in total. The molecule has 0 saturated carbocycles. The van der Waals surface area contributed by atoms with Crippen LogP contribution in [0.15, 0.2) is 54.7 Å². The lowest BCUT2D eigenvalue weighted by Crippen LogP contribution is -2.15. The summed E-state index contributed by atoms with van der Waals surface area (Å²) in [7, 11) is 1.70. The number of benzene rings is 2. The zero-order chi connectivity index (χ0) is 16.1. The quantitative estimate of drug-likeness (QED) is 0.671. The van der Waals surface area contributed by atoms with E-state index in [2.05, 4.69) is 59.4 Å². The number of methoxy groups -OCH3 is 1. The molecule has 3 heteroatoms. The van der Waals surface area contributed by atoms with Crippen LogP contribution in [0.25, 0.3) is 10.9 Å². The first-order valence-electron chi connectivity index (χ1n) is 8.22. The van der Waals surface area contributed by atoms with E-state index in [0.29, 0.717) is 0 Å². The number of fused-ring (bicyclic) bond motifs is 1. The van der Waals surface area contributed by atoms with Gasteiger partial charge in [0.25, 0.3) is 0 Å². The number of nitrogens with one attached hydrogen (secondary N) is 1. The molecule has 0 unspecified atom stereocenters. The topological polar surface area (TPSA) is 26.2 Å². The summed E-state index contributed by atoms with van der Waals surface area (Å²) < 4.78 is 7.58. The zero-order valence-electron chi connectivity index (χ0n) is 13.9. The average molecular weight is 308 g/mol. The summed E-state index contributed by atoms with van der Waals surface area (Å²) in [5, 5.41) is 4.77. The summed E-state index contributed by atoms with van der Waals surface area (Å²) in [5.74, 6) is 0.900. The fraction of sp³-hybridized carbons (Fsp3) is 0.300. The Morgan fingerprint density at radius 3 is 2.57 bits per heavy atom. The minimum absolute atomic E-state index is 0.881. The molecule has 0 aliphatic rings. The molecule has 3 aromatic rings. The van der Waals surface area contributed by atoms with Crippen molar-refractivity contribution in [3.05, 3.63) is 65.9 Å². The number of likely N-dealkylation sites (N-methyl/N-ethyl adjacent to an activating group) is 1. The monoisotopic (exact) mass is 308 g/mol. The third kappa shape index (κ3) is 3.57. The van der Waals surface area contributed by atoms with Crippen LogP contribution in [0.1, 0.15) is 18.1 Å². The van der Waals surface area contributed by atoms with Crippen LogP contribution in [0.2, 0.25) is 0 Å². The normalized spacial score (nSPS) is 11.0. The second-order valence-electron chi connectivity index (χ2n) is 5.75. The van der Waals surface area contributed by atoms with Gasteiger partial charge in [-0.1, -0.05) is 37.3 Å². The van der Waals surface area contributed by atoms with E-state index in [1.54, 1.807) is 7.11 Å². The lowest BCUT2D eigenvalue weighted by molar-refractivity contribution is 0.414. The smallest absolute Gasteiger partial charge is 0.118 e. The minimum atomic E-state index is 0.881. The molecule has 0 aliphatic carbocycles. The van der Waals surface area contributed by atoms with Crippen LogP contribution in [0.3, 0.4) is 0 Å². The summed E-state index contributed by atoms with van der Waals surface area (Å²) in [6, 6.07) is 17.0. The SMILES string of the molecule is CCNCCc1cn(Cc2ccc(OC)cc2)c2ccccc12. The molecule has 1 aromatic heterocycles. The summed E-state index contributed by atoms with van der Waals surface area (Å²) in [5.41, 5.74) is 4.00. The number of ether oxygens (including phenoxy) is 1. The molecule has 120 valence electrons. The first-order chi connectivity index (χ1) is 11.3. The molecule has 0 atom stereocenters. The molecule has 0 amide bonds. The summed E-state index contributed by atoms with van der Waals surface area (Å²) in [6.45, 7) is 5.07. The van der Waals surface area contributed by atoms with E-state index in [-0.39, 0.29) is 0 Å². The van der Waals surface area contributed by atoms with E-state index < -0.39 is 0 Å². The average Bonchev–Trinajstić information content (AvgIpc) is 2.94. The fourth-order valence-electron chi connectivity index (χ4n) is 2.98. The van der Waals surface area contributed by atoms with Gasteiger partial charge in [0.2, 0.25) is 0 Å². The third-order valence-electron chi connectivity index (χ3n) is 4.20. The van der Waals surface area contributed by atoms with Crippen molar-refractivity contribution in [3.63, 3.8) is 0 Å². The summed E-state index contributed by atoms with van der Waals surface area (Å²) in [6.07, 6.45) is 3.36. The standard InChI is InChI=1S/C20H24N2O/c1-3-21-13-12-17-15-22(20-7-5-4-6-19(17)20)14-16-8-10-18(23-2)11-9-16/h4-11,15,21H,3,12-14H2,1-2H3. The molecular formula is C20H24N2O. The Morgan fingerprint density at radius 2 is 1.83 bits per heavy atom. The summed E-state index contributed by atoms with van der Waals surface area (Å²) in [4.78, 5) is 0. The maximum absolute atomic E-state index is 5.23. The Bertz CT molecular complexity index is 759. The number of aromatic nitrogens is 1. The van der Waals surface area contributed by atoms with Crippen molar-refractivity contribution in [1.29, 1.82) is 0 Å². The largest absolute Gasteiger partial charge is 0.497 e. The Kier molecular flexibility index (Phi) is 4.99. The van der Waals surface area contributed by atoms with Crippen LogP contribution in [0.5, 0.6) is 5.75 Å². The lowest BCUT2D eigenvalue weighted by atomic mass is 10.1. The molecule has 0 bridgehead atoms. The van der Waals surface area contributed by atoms with Crippen LogP contribution in [0.4, 0.5) is 0 Å². The van der Waals surface area contributed by atoms with Crippen molar-refractivity contribution < 1.29 is 4.74 Å². The number of hydrogen-bond donors (Lipinski definition) is 1. The second-order valence-corrected chi connectivity index (χ2v) is 5.75. The number of nitrogens with zero attached hydrogens (tertiary/aromatic N) is 1. The second kappa shape index (κ2) is 7.34.